The molecular weight excluding hydrogens is 370 g/mol. The Morgan fingerprint density at radius 1 is 1.10 bits per heavy atom. The first-order chi connectivity index (χ1) is 13.9. The summed E-state index contributed by atoms with van der Waals surface area (Å²) in [6.45, 7) is 0.433. The predicted molar refractivity (Wildman–Crippen MR) is 111 cm³/mol. The second-order valence-electron chi connectivity index (χ2n) is 6.64. The number of aromatic nitrogens is 2. The van der Waals surface area contributed by atoms with E-state index in [1.165, 1.54) is 18.0 Å². The fraction of sp³-hybridized carbons (Fsp3) is 0.190. The highest BCUT2D eigenvalue weighted by atomic mass is 16.5. The van der Waals surface area contributed by atoms with E-state index in [1.807, 2.05) is 43.3 Å². The lowest BCUT2D eigenvalue weighted by Gasteiger charge is -2.13. The molecule has 29 heavy (non-hydrogen) atoms. The number of nitrogens with two attached hydrogens (primary N) is 1. The van der Waals surface area contributed by atoms with Crippen molar-refractivity contribution in [2.24, 2.45) is 0 Å². The number of benzene rings is 2. The summed E-state index contributed by atoms with van der Waals surface area (Å²) in [4.78, 5) is 26.1. The van der Waals surface area contributed by atoms with Gasteiger partial charge in [-0.25, -0.2) is 9.48 Å². The molecule has 0 saturated heterocycles. The Balaban J connectivity index is 1.66. The Kier molecular flexibility index (Phi) is 5.82. The van der Waals surface area contributed by atoms with Gasteiger partial charge >= 0.3 is 5.97 Å². The van der Waals surface area contributed by atoms with Gasteiger partial charge in [0.15, 0.2) is 0 Å². The van der Waals surface area contributed by atoms with Crippen molar-refractivity contribution in [3.8, 4) is 5.69 Å². The number of ether oxygens (including phenoxy) is 1. The minimum Gasteiger partial charge on any atom is -0.465 e. The quantitative estimate of drug-likeness (QED) is 0.623. The summed E-state index contributed by atoms with van der Waals surface area (Å²) in [5, 5.41) is 7.01. The van der Waals surface area contributed by atoms with Crippen LogP contribution in [-0.4, -0.2) is 42.9 Å². The summed E-state index contributed by atoms with van der Waals surface area (Å²) in [7, 11) is 5.24. The summed E-state index contributed by atoms with van der Waals surface area (Å²) in [6, 6.07) is 14.8. The molecule has 3 rings (SSSR count). The number of carbonyl (C=O) groups excluding carboxylic acids is 2. The molecule has 1 aromatic heterocycles. The van der Waals surface area contributed by atoms with E-state index in [1.54, 1.807) is 24.3 Å². The fourth-order valence-corrected chi connectivity index (χ4v) is 2.78. The maximum absolute atomic E-state index is 12.4. The molecule has 0 unspecified atom stereocenters. The van der Waals surface area contributed by atoms with Gasteiger partial charge in [0.05, 0.1) is 19.0 Å². The van der Waals surface area contributed by atoms with E-state index < -0.39 is 5.97 Å². The molecule has 8 nitrogen and oxygen atoms in total. The van der Waals surface area contributed by atoms with Crippen molar-refractivity contribution in [1.29, 1.82) is 0 Å². The zero-order chi connectivity index (χ0) is 21.0. The lowest BCUT2D eigenvalue weighted by atomic mass is 10.1. The Labute approximate surface area is 168 Å². The van der Waals surface area contributed by atoms with E-state index in [-0.39, 0.29) is 17.3 Å². The van der Waals surface area contributed by atoms with Crippen molar-refractivity contribution in [1.82, 2.24) is 15.1 Å². The molecular formula is C21H23N5O3. The van der Waals surface area contributed by atoms with Gasteiger partial charge in [0.2, 0.25) is 0 Å². The number of nitrogens with one attached hydrogen (secondary N) is 1. The summed E-state index contributed by atoms with van der Waals surface area (Å²) in [5.41, 5.74) is 9.42. The molecule has 1 heterocycles. The van der Waals surface area contributed by atoms with Gasteiger partial charge in [0.25, 0.3) is 5.91 Å². The molecule has 0 fully saturated rings. The van der Waals surface area contributed by atoms with Gasteiger partial charge in [0.1, 0.15) is 11.4 Å². The molecule has 0 bridgehead atoms. The zero-order valence-corrected chi connectivity index (χ0v) is 16.5. The van der Waals surface area contributed by atoms with Crippen molar-refractivity contribution in [3.63, 3.8) is 0 Å². The van der Waals surface area contributed by atoms with Gasteiger partial charge in [-0.05, 0) is 42.0 Å². The number of esters is 1. The number of hydrogen-bond donors (Lipinski definition) is 2. The van der Waals surface area contributed by atoms with E-state index in [9.17, 15) is 9.59 Å². The molecule has 8 heteroatoms. The first-order valence-corrected chi connectivity index (χ1v) is 8.97. The van der Waals surface area contributed by atoms with Crippen molar-refractivity contribution >= 4 is 23.4 Å². The highest BCUT2D eigenvalue weighted by Gasteiger charge is 2.16. The van der Waals surface area contributed by atoms with E-state index in [4.69, 9.17) is 5.73 Å². The minimum atomic E-state index is -0.552. The number of nitrogen functional groups attached to an aromatic ring is 1. The topological polar surface area (TPSA) is 102 Å². The monoisotopic (exact) mass is 393 g/mol. The highest BCUT2D eigenvalue weighted by molar-refractivity contribution is 5.95. The predicted octanol–water partition coefficient (Wildman–Crippen LogP) is 2.24. The smallest absolute Gasteiger partial charge is 0.343 e. The van der Waals surface area contributed by atoms with Crippen LogP contribution in [0.25, 0.3) is 5.69 Å². The Morgan fingerprint density at radius 2 is 1.76 bits per heavy atom. The lowest BCUT2D eigenvalue weighted by Crippen LogP contribution is -2.22. The third kappa shape index (κ3) is 4.37. The van der Waals surface area contributed by atoms with Gasteiger partial charge in [-0.15, -0.1) is 0 Å². The number of hydrogen-bond acceptors (Lipinski definition) is 6. The zero-order valence-electron chi connectivity index (χ0n) is 16.5. The number of rotatable bonds is 6. The molecule has 0 aliphatic heterocycles. The Hall–Kier alpha value is -3.81. The summed E-state index contributed by atoms with van der Waals surface area (Å²) in [6.07, 6.45) is 1.35. The van der Waals surface area contributed by atoms with Crippen molar-refractivity contribution in [3.05, 3.63) is 71.4 Å². The van der Waals surface area contributed by atoms with E-state index in [0.717, 1.165) is 11.3 Å². The van der Waals surface area contributed by atoms with Crippen molar-refractivity contribution < 1.29 is 14.3 Å². The number of carbonyl (C=O) groups is 2. The molecule has 0 saturated carbocycles. The normalized spacial score (nSPS) is 10.4. The molecule has 0 radical (unpaired) electrons. The van der Waals surface area contributed by atoms with Crippen LogP contribution in [0, 0.1) is 0 Å². The Morgan fingerprint density at radius 3 is 2.34 bits per heavy atom. The summed E-state index contributed by atoms with van der Waals surface area (Å²) in [5.74, 6) is -0.560. The number of amides is 1. The van der Waals surface area contributed by atoms with Crippen LogP contribution in [0.15, 0.2) is 54.7 Å². The third-order valence-electron chi connectivity index (χ3n) is 4.49. The number of methoxy groups -OCH3 is 1. The van der Waals surface area contributed by atoms with Crippen LogP contribution in [0.4, 0.5) is 11.5 Å². The molecule has 3 N–H and O–H groups in total. The minimum absolute atomic E-state index is 0.176. The van der Waals surface area contributed by atoms with Crippen molar-refractivity contribution in [2.75, 3.05) is 31.8 Å². The van der Waals surface area contributed by atoms with Gasteiger partial charge < -0.3 is 20.7 Å². The van der Waals surface area contributed by atoms with Gasteiger partial charge in [-0.1, -0.05) is 12.1 Å². The van der Waals surface area contributed by atoms with E-state index >= 15 is 0 Å². The SMILES string of the molecule is COC(=O)c1cnn(-c2ccc(C(=O)NCc3ccc(N(C)C)cc3)cc2)c1N. The highest BCUT2D eigenvalue weighted by Crippen LogP contribution is 2.18. The second kappa shape index (κ2) is 8.47. The standard InChI is InChI=1S/C21H23N5O3/c1-25(2)16-8-4-14(5-9-16)12-23-20(27)15-6-10-17(11-7-15)26-19(22)18(13-24-26)21(28)29-3/h4-11,13H,12,22H2,1-3H3,(H,23,27). The van der Waals surface area contributed by atoms with Gasteiger partial charge in [-0.3, -0.25) is 4.79 Å². The first kappa shape index (κ1) is 19.9. The molecule has 0 atom stereocenters. The van der Waals surface area contributed by atoms with Crippen LogP contribution < -0.4 is 16.0 Å². The third-order valence-corrected chi connectivity index (χ3v) is 4.49. The maximum Gasteiger partial charge on any atom is 0.343 e. The van der Waals surface area contributed by atoms with Crippen LogP contribution in [0.1, 0.15) is 26.3 Å². The van der Waals surface area contributed by atoms with Crippen molar-refractivity contribution in [2.45, 2.75) is 6.54 Å². The molecule has 0 aliphatic rings. The maximum atomic E-state index is 12.4. The van der Waals surface area contributed by atoms with Gasteiger partial charge in [0, 0.05) is 31.9 Å². The average Bonchev–Trinajstić information content (AvgIpc) is 3.13. The Bertz CT molecular complexity index is 1010. The molecule has 3 aromatic rings. The van der Waals surface area contributed by atoms with E-state index in [0.29, 0.717) is 17.8 Å². The van der Waals surface area contributed by atoms with Crippen LogP contribution in [0.3, 0.4) is 0 Å². The summed E-state index contributed by atoms with van der Waals surface area (Å²) < 4.78 is 6.09. The van der Waals surface area contributed by atoms with Crippen LogP contribution in [0.2, 0.25) is 0 Å². The lowest BCUT2D eigenvalue weighted by molar-refractivity contribution is 0.0601. The molecule has 1 amide bonds. The molecule has 0 aliphatic carbocycles. The van der Waals surface area contributed by atoms with Crippen LogP contribution in [-0.2, 0) is 11.3 Å². The largest absolute Gasteiger partial charge is 0.465 e. The molecule has 2 aromatic carbocycles. The molecule has 0 spiro atoms. The first-order valence-electron chi connectivity index (χ1n) is 8.97. The average molecular weight is 393 g/mol. The fourth-order valence-electron chi connectivity index (χ4n) is 2.78. The van der Waals surface area contributed by atoms with Crippen LogP contribution >= 0.6 is 0 Å². The summed E-state index contributed by atoms with van der Waals surface area (Å²) >= 11 is 0. The van der Waals surface area contributed by atoms with Gasteiger partial charge in [-0.2, -0.15) is 5.10 Å². The van der Waals surface area contributed by atoms with Crippen LogP contribution in [0.5, 0.6) is 0 Å². The number of nitrogens with zero attached hydrogens (tertiary/aromatic N) is 3. The molecule has 150 valence electrons. The number of anilines is 2. The van der Waals surface area contributed by atoms with E-state index in [2.05, 4.69) is 15.2 Å². The second-order valence-corrected chi connectivity index (χ2v) is 6.64.